The Kier molecular flexibility index (Phi) is 4.99. The molecule has 7 heteroatoms. The summed E-state index contributed by atoms with van der Waals surface area (Å²) in [6.45, 7) is 0.423. The SMILES string of the molecule is CO[C@]12CC[C@H](O)C[C@H]1N(C(=O)COc1ccc(F)c(Cl)c1)CC2. The molecule has 132 valence electrons. The molecule has 1 aromatic carbocycles. The minimum Gasteiger partial charge on any atom is -0.484 e. The second-order valence-electron chi connectivity index (χ2n) is 6.41. The minimum atomic E-state index is -0.532. The number of carbonyl (C=O) groups is 1. The van der Waals surface area contributed by atoms with Gasteiger partial charge in [0.25, 0.3) is 5.91 Å². The molecule has 2 fully saturated rings. The number of methoxy groups -OCH3 is 1. The summed E-state index contributed by atoms with van der Waals surface area (Å²) in [4.78, 5) is 14.3. The van der Waals surface area contributed by atoms with Gasteiger partial charge in [-0.05, 0) is 37.8 Å². The van der Waals surface area contributed by atoms with E-state index in [-0.39, 0.29) is 29.2 Å². The highest BCUT2D eigenvalue weighted by Crippen LogP contribution is 2.42. The number of halogens is 2. The minimum absolute atomic E-state index is 0.0464. The number of aliphatic hydroxyl groups is 1. The fourth-order valence-corrected chi connectivity index (χ4v) is 3.94. The first-order chi connectivity index (χ1) is 11.4. The van der Waals surface area contributed by atoms with E-state index < -0.39 is 11.9 Å². The zero-order chi connectivity index (χ0) is 17.3. The third-order valence-electron chi connectivity index (χ3n) is 5.14. The lowest BCUT2D eigenvalue weighted by molar-refractivity contribution is -0.141. The molecule has 0 aromatic heterocycles. The normalized spacial score (nSPS) is 29.4. The molecule has 2 aliphatic rings. The van der Waals surface area contributed by atoms with Crippen LogP contribution < -0.4 is 4.74 Å². The molecule has 3 rings (SSSR count). The lowest BCUT2D eigenvalue weighted by atomic mass is 9.79. The fraction of sp³-hybridized carbons (Fsp3) is 0.588. The van der Waals surface area contributed by atoms with E-state index in [1.165, 1.54) is 18.2 Å². The molecule has 0 unspecified atom stereocenters. The van der Waals surface area contributed by atoms with Gasteiger partial charge in [-0.3, -0.25) is 4.79 Å². The highest BCUT2D eigenvalue weighted by Gasteiger charge is 2.52. The van der Waals surface area contributed by atoms with Gasteiger partial charge in [0.2, 0.25) is 0 Å². The molecule has 24 heavy (non-hydrogen) atoms. The second-order valence-corrected chi connectivity index (χ2v) is 6.82. The number of aliphatic hydroxyl groups excluding tert-OH is 1. The van der Waals surface area contributed by atoms with Crippen molar-refractivity contribution in [1.29, 1.82) is 0 Å². The standard InChI is InChI=1S/C17H21ClFNO4/c1-23-17-5-4-11(21)8-15(17)20(7-6-17)16(22)10-24-12-2-3-14(19)13(18)9-12/h2-3,9,11,15,21H,4-8,10H2,1H3/t11-,15+,17-/m0/s1. The molecule has 1 aliphatic heterocycles. The Morgan fingerprint density at radius 1 is 1.50 bits per heavy atom. The quantitative estimate of drug-likeness (QED) is 0.899. The number of likely N-dealkylation sites (tertiary alicyclic amines) is 1. The van der Waals surface area contributed by atoms with Crippen molar-refractivity contribution in [2.24, 2.45) is 0 Å². The van der Waals surface area contributed by atoms with E-state index in [0.717, 1.165) is 12.8 Å². The van der Waals surface area contributed by atoms with Crippen molar-refractivity contribution in [3.8, 4) is 5.75 Å². The Morgan fingerprint density at radius 2 is 2.29 bits per heavy atom. The summed E-state index contributed by atoms with van der Waals surface area (Å²) in [7, 11) is 1.66. The summed E-state index contributed by atoms with van der Waals surface area (Å²) in [6, 6.07) is 3.84. The van der Waals surface area contributed by atoms with Crippen LogP contribution in [0.3, 0.4) is 0 Å². The smallest absolute Gasteiger partial charge is 0.260 e. The van der Waals surface area contributed by atoms with Crippen LogP contribution in [0.4, 0.5) is 4.39 Å². The van der Waals surface area contributed by atoms with E-state index in [1.54, 1.807) is 12.0 Å². The molecule has 0 bridgehead atoms. The van der Waals surface area contributed by atoms with E-state index in [0.29, 0.717) is 25.1 Å². The number of benzene rings is 1. The molecule has 1 heterocycles. The van der Waals surface area contributed by atoms with Crippen LogP contribution >= 0.6 is 11.6 Å². The molecular weight excluding hydrogens is 337 g/mol. The molecule has 0 radical (unpaired) electrons. The number of carbonyl (C=O) groups excluding carboxylic acids is 1. The summed E-state index contributed by atoms with van der Waals surface area (Å²) in [5.41, 5.74) is -0.367. The van der Waals surface area contributed by atoms with Crippen LogP contribution in [0.15, 0.2) is 18.2 Å². The molecule has 1 saturated heterocycles. The van der Waals surface area contributed by atoms with E-state index in [4.69, 9.17) is 21.1 Å². The van der Waals surface area contributed by atoms with Gasteiger partial charge in [-0.2, -0.15) is 0 Å². The van der Waals surface area contributed by atoms with Gasteiger partial charge >= 0.3 is 0 Å². The van der Waals surface area contributed by atoms with Crippen molar-refractivity contribution in [1.82, 2.24) is 4.90 Å². The van der Waals surface area contributed by atoms with Crippen LogP contribution in [0.25, 0.3) is 0 Å². The molecular formula is C17H21ClFNO4. The Labute approximate surface area is 145 Å². The average molecular weight is 358 g/mol. The van der Waals surface area contributed by atoms with Gasteiger partial charge < -0.3 is 19.5 Å². The molecule has 3 atom stereocenters. The summed E-state index contributed by atoms with van der Waals surface area (Å²) in [5.74, 6) is -0.361. The molecule has 1 aliphatic carbocycles. The van der Waals surface area contributed by atoms with Gasteiger partial charge in [-0.25, -0.2) is 4.39 Å². The third kappa shape index (κ3) is 3.23. The Morgan fingerprint density at radius 3 is 3.00 bits per heavy atom. The van der Waals surface area contributed by atoms with Crippen molar-refractivity contribution >= 4 is 17.5 Å². The largest absolute Gasteiger partial charge is 0.484 e. The maximum absolute atomic E-state index is 13.1. The first-order valence-corrected chi connectivity index (χ1v) is 8.43. The monoisotopic (exact) mass is 357 g/mol. The van der Waals surface area contributed by atoms with Crippen molar-refractivity contribution in [3.63, 3.8) is 0 Å². The molecule has 1 saturated carbocycles. The number of amides is 1. The van der Waals surface area contributed by atoms with Crippen LogP contribution in [-0.4, -0.2) is 53.9 Å². The van der Waals surface area contributed by atoms with Gasteiger partial charge in [0.05, 0.1) is 22.8 Å². The summed E-state index contributed by atoms with van der Waals surface area (Å²) < 4.78 is 24.3. The van der Waals surface area contributed by atoms with E-state index >= 15 is 0 Å². The molecule has 1 amide bonds. The molecule has 5 nitrogen and oxygen atoms in total. The Hall–Kier alpha value is -1.37. The van der Waals surface area contributed by atoms with Gasteiger partial charge in [-0.1, -0.05) is 11.6 Å². The lowest BCUT2D eigenvalue weighted by Crippen LogP contribution is -2.53. The average Bonchev–Trinajstić information content (AvgIpc) is 2.95. The van der Waals surface area contributed by atoms with Crippen molar-refractivity contribution in [2.75, 3.05) is 20.3 Å². The van der Waals surface area contributed by atoms with E-state index in [9.17, 15) is 14.3 Å². The zero-order valence-electron chi connectivity index (χ0n) is 13.5. The predicted octanol–water partition coefficient (Wildman–Crippen LogP) is 2.39. The van der Waals surface area contributed by atoms with Crippen LogP contribution in [-0.2, 0) is 9.53 Å². The maximum atomic E-state index is 13.1. The summed E-state index contributed by atoms with van der Waals surface area (Å²) >= 11 is 5.71. The van der Waals surface area contributed by atoms with Gasteiger partial charge in [0.1, 0.15) is 11.6 Å². The van der Waals surface area contributed by atoms with Crippen LogP contribution in [0.2, 0.25) is 5.02 Å². The maximum Gasteiger partial charge on any atom is 0.260 e. The first kappa shape index (κ1) is 17.5. The topological polar surface area (TPSA) is 59.0 Å². The molecule has 1 aromatic rings. The molecule has 0 spiro atoms. The number of nitrogens with zero attached hydrogens (tertiary/aromatic N) is 1. The Balaban J connectivity index is 1.65. The van der Waals surface area contributed by atoms with Gasteiger partial charge in [0.15, 0.2) is 6.61 Å². The number of fused-ring (bicyclic) bond motifs is 1. The zero-order valence-corrected chi connectivity index (χ0v) is 14.3. The van der Waals surface area contributed by atoms with Crippen LogP contribution in [0.5, 0.6) is 5.75 Å². The highest BCUT2D eigenvalue weighted by molar-refractivity contribution is 6.30. The Bertz CT molecular complexity index is 629. The van der Waals surface area contributed by atoms with Gasteiger partial charge in [-0.15, -0.1) is 0 Å². The molecule has 1 N–H and O–H groups in total. The van der Waals surface area contributed by atoms with Crippen LogP contribution in [0.1, 0.15) is 25.7 Å². The number of rotatable bonds is 4. The third-order valence-corrected chi connectivity index (χ3v) is 5.43. The number of ether oxygens (including phenoxy) is 2. The van der Waals surface area contributed by atoms with Crippen molar-refractivity contribution in [3.05, 3.63) is 29.0 Å². The van der Waals surface area contributed by atoms with Crippen molar-refractivity contribution in [2.45, 2.75) is 43.4 Å². The predicted molar refractivity (Wildman–Crippen MR) is 86.6 cm³/mol. The number of hydrogen-bond donors (Lipinski definition) is 1. The van der Waals surface area contributed by atoms with E-state index in [1.807, 2.05) is 0 Å². The van der Waals surface area contributed by atoms with Gasteiger partial charge in [0, 0.05) is 19.7 Å². The number of hydrogen-bond acceptors (Lipinski definition) is 4. The summed E-state index contributed by atoms with van der Waals surface area (Å²) in [5, 5.41) is 9.91. The van der Waals surface area contributed by atoms with E-state index in [2.05, 4.69) is 0 Å². The summed E-state index contributed by atoms with van der Waals surface area (Å²) in [6.07, 6.45) is 2.30. The fourth-order valence-electron chi connectivity index (χ4n) is 3.77. The second kappa shape index (κ2) is 6.86. The van der Waals surface area contributed by atoms with Crippen molar-refractivity contribution < 1.29 is 23.8 Å². The van der Waals surface area contributed by atoms with Crippen LogP contribution in [0, 0.1) is 5.82 Å². The highest BCUT2D eigenvalue weighted by atomic mass is 35.5. The first-order valence-electron chi connectivity index (χ1n) is 8.06. The lowest BCUT2D eigenvalue weighted by Gasteiger charge is -2.42.